The van der Waals surface area contributed by atoms with Crippen molar-refractivity contribution in [2.75, 3.05) is 0 Å². The molecule has 1 aromatic rings. The fraction of sp³-hybridized carbons (Fsp3) is 0.643. The van der Waals surface area contributed by atoms with Crippen LogP contribution < -0.4 is 11.1 Å². The van der Waals surface area contributed by atoms with Gasteiger partial charge in [-0.3, -0.25) is 9.48 Å². The predicted octanol–water partition coefficient (Wildman–Crippen LogP) is 1.58. The zero-order valence-corrected chi connectivity index (χ0v) is 12.9. The van der Waals surface area contributed by atoms with Gasteiger partial charge in [0.2, 0.25) is 5.91 Å². The van der Waals surface area contributed by atoms with Gasteiger partial charge in [-0.25, -0.2) is 0 Å². The lowest BCUT2D eigenvalue weighted by molar-refractivity contribution is -0.129. The molecule has 0 unspecified atom stereocenters. The van der Waals surface area contributed by atoms with Crippen LogP contribution in [0.1, 0.15) is 43.4 Å². The summed E-state index contributed by atoms with van der Waals surface area (Å²) in [5, 5.41) is 7.16. The van der Waals surface area contributed by atoms with Crippen molar-refractivity contribution < 1.29 is 4.79 Å². The van der Waals surface area contributed by atoms with Crippen molar-refractivity contribution in [1.82, 2.24) is 15.1 Å². The molecule has 0 aromatic carbocycles. The van der Waals surface area contributed by atoms with Crippen molar-refractivity contribution in [2.45, 2.75) is 45.6 Å². The first-order chi connectivity index (χ1) is 9.47. The maximum Gasteiger partial charge on any atom is 0.233 e. The Morgan fingerprint density at radius 3 is 2.65 bits per heavy atom. The van der Waals surface area contributed by atoms with Crippen molar-refractivity contribution in [3.8, 4) is 0 Å². The number of hydrogen-bond acceptors (Lipinski definition) is 3. The molecule has 1 aliphatic rings. The van der Waals surface area contributed by atoms with Crippen LogP contribution in [0.5, 0.6) is 0 Å². The number of hydrogen-bond donors (Lipinski definition) is 2. The lowest BCUT2D eigenvalue weighted by atomic mass is 9.73. The van der Waals surface area contributed by atoms with Crippen LogP contribution in [0.15, 0.2) is 6.20 Å². The molecule has 1 fully saturated rings. The van der Waals surface area contributed by atoms with Gasteiger partial charge in [0, 0.05) is 24.8 Å². The van der Waals surface area contributed by atoms with Crippen LogP contribution in [0.3, 0.4) is 0 Å². The number of aryl methyl sites for hydroxylation is 1. The number of rotatable bonds is 4. The van der Waals surface area contributed by atoms with Crippen molar-refractivity contribution in [1.29, 1.82) is 0 Å². The first kappa shape index (κ1) is 15.0. The second kappa shape index (κ2) is 5.91. The lowest BCUT2D eigenvalue weighted by Gasteiger charge is -2.34. The predicted molar refractivity (Wildman–Crippen MR) is 82.1 cm³/mol. The molecular formula is C14H22N4OS. The van der Waals surface area contributed by atoms with Gasteiger partial charge in [0.15, 0.2) is 0 Å². The molecule has 1 aromatic heterocycles. The highest BCUT2D eigenvalue weighted by atomic mass is 32.1. The summed E-state index contributed by atoms with van der Waals surface area (Å²) >= 11 is 5.17. The highest BCUT2D eigenvalue weighted by molar-refractivity contribution is 7.80. The van der Waals surface area contributed by atoms with Gasteiger partial charge in [-0.1, -0.05) is 31.5 Å². The molecule has 1 amide bonds. The fourth-order valence-electron chi connectivity index (χ4n) is 2.80. The van der Waals surface area contributed by atoms with E-state index >= 15 is 0 Å². The molecule has 20 heavy (non-hydrogen) atoms. The molecular weight excluding hydrogens is 272 g/mol. The molecule has 2 rings (SSSR count). The Morgan fingerprint density at radius 2 is 2.15 bits per heavy atom. The van der Waals surface area contributed by atoms with Gasteiger partial charge >= 0.3 is 0 Å². The maximum absolute atomic E-state index is 12.5. The second-order valence-corrected chi connectivity index (χ2v) is 6.01. The highest BCUT2D eigenvalue weighted by Gasteiger charge is 2.42. The van der Waals surface area contributed by atoms with Gasteiger partial charge in [0.1, 0.15) is 0 Å². The average molecular weight is 294 g/mol. The topological polar surface area (TPSA) is 72.9 Å². The van der Waals surface area contributed by atoms with Gasteiger partial charge in [0.25, 0.3) is 0 Å². The lowest BCUT2D eigenvalue weighted by Crippen LogP contribution is -2.49. The summed E-state index contributed by atoms with van der Waals surface area (Å²) in [7, 11) is 1.89. The normalized spacial score (nSPS) is 17.7. The van der Waals surface area contributed by atoms with Crippen molar-refractivity contribution >= 4 is 23.1 Å². The first-order valence-corrected chi connectivity index (χ1v) is 7.44. The highest BCUT2D eigenvalue weighted by Crippen LogP contribution is 2.37. The zero-order valence-electron chi connectivity index (χ0n) is 12.1. The average Bonchev–Trinajstić information content (AvgIpc) is 2.76. The van der Waals surface area contributed by atoms with Crippen LogP contribution in [-0.4, -0.2) is 20.7 Å². The Kier molecular flexibility index (Phi) is 4.42. The van der Waals surface area contributed by atoms with Crippen LogP contribution in [0.25, 0.3) is 0 Å². The van der Waals surface area contributed by atoms with Gasteiger partial charge < -0.3 is 11.1 Å². The molecule has 6 heteroatoms. The molecule has 1 heterocycles. The number of nitrogens with zero attached hydrogens (tertiary/aromatic N) is 2. The molecule has 0 spiro atoms. The number of nitrogens with one attached hydrogen (secondary N) is 1. The van der Waals surface area contributed by atoms with E-state index in [0.29, 0.717) is 11.5 Å². The summed E-state index contributed by atoms with van der Waals surface area (Å²) < 4.78 is 1.80. The summed E-state index contributed by atoms with van der Waals surface area (Å²) in [5.41, 5.74) is 7.29. The third kappa shape index (κ3) is 2.70. The van der Waals surface area contributed by atoms with E-state index in [0.717, 1.165) is 43.4 Å². The Bertz CT molecular complexity index is 517. The van der Waals surface area contributed by atoms with Crippen molar-refractivity contribution in [3.05, 3.63) is 17.5 Å². The summed E-state index contributed by atoms with van der Waals surface area (Å²) in [6.07, 6.45) is 6.48. The minimum Gasteiger partial charge on any atom is -0.392 e. The number of aromatic nitrogens is 2. The van der Waals surface area contributed by atoms with Crippen molar-refractivity contribution in [2.24, 2.45) is 18.2 Å². The number of carbonyl (C=O) groups is 1. The monoisotopic (exact) mass is 294 g/mol. The van der Waals surface area contributed by atoms with Gasteiger partial charge in [-0.2, -0.15) is 5.10 Å². The summed E-state index contributed by atoms with van der Waals surface area (Å²) in [6.45, 7) is 2.46. The molecule has 0 bridgehead atoms. The van der Waals surface area contributed by atoms with Crippen LogP contribution in [0.2, 0.25) is 0 Å². The molecule has 0 radical (unpaired) electrons. The Balaban J connectivity index is 2.06. The fourth-order valence-corrected chi connectivity index (χ4v) is 3.10. The maximum atomic E-state index is 12.5. The second-order valence-electron chi connectivity index (χ2n) is 5.57. The summed E-state index contributed by atoms with van der Waals surface area (Å²) in [6, 6.07) is 0. The van der Waals surface area contributed by atoms with E-state index in [4.69, 9.17) is 18.0 Å². The van der Waals surface area contributed by atoms with Crippen LogP contribution in [-0.2, 0) is 18.4 Å². The molecule has 0 aliphatic heterocycles. The van der Waals surface area contributed by atoms with Gasteiger partial charge in [-0.05, 0) is 19.8 Å². The standard InChI is InChI=1S/C14H22N4OS/c1-10-11(9-17-18(10)2)8-16-13(19)14(12(15)20)6-4-3-5-7-14/h9H,3-8H2,1-2H3,(H2,15,20)(H,16,19). The van der Waals surface area contributed by atoms with Crippen LogP contribution in [0, 0.1) is 12.3 Å². The van der Waals surface area contributed by atoms with E-state index in [1.807, 2.05) is 14.0 Å². The first-order valence-electron chi connectivity index (χ1n) is 7.03. The minimum absolute atomic E-state index is 0.0343. The smallest absolute Gasteiger partial charge is 0.233 e. The molecule has 0 atom stereocenters. The summed E-state index contributed by atoms with van der Waals surface area (Å²) in [5.74, 6) is -0.0343. The molecule has 0 saturated heterocycles. The Labute approximate surface area is 124 Å². The largest absolute Gasteiger partial charge is 0.392 e. The SMILES string of the molecule is Cc1c(CNC(=O)C2(C(N)=S)CCCCC2)cnn1C. The minimum atomic E-state index is -0.649. The Hall–Kier alpha value is -1.43. The van der Waals surface area contributed by atoms with Gasteiger partial charge in [0.05, 0.1) is 16.6 Å². The quantitative estimate of drug-likeness (QED) is 0.827. The molecule has 110 valence electrons. The number of amides is 1. The number of nitrogens with two attached hydrogens (primary N) is 1. The molecule has 1 saturated carbocycles. The van der Waals surface area contributed by atoms with Crippen LogP contribution in [0.4, 0.5) is 0 Å². The van der Waals surface area contributed by atoms with E-state index in [1.54, 1.807) is 10.9 Å². The number of carbonyl (C=O) groups excluding carboxylic acids is 1. The Morgan fingerprint density at radius 1 is 1.50 bits per heavy atom. The molecule has 5 nitrogen and oxygen atoms in total. The van der Waals surface area contributed by atoms with E-state index in [1.165, 1.54) is 0 Å². The van der Waals surface area contributed by atoms with E-state index in [9.17, 15) is 4.79 Å². The summed E-state index contributed by atoms with van der Waals surface area (Å²) in [4.78, 5) is 12.9. The molecule has 1 aliphatic carbocycles. The number of thiocarbonyl (C=S) groups is 1. The van der Waals surface area contributed by atoms with Crippen molar-refractivity contribution in [3.63, 3.8) is 0 Å². The van der Waals surface area contributed by atoms with E-state index < -0.39 is 5.41 Å². The molecule has 3 N–H and O–H groups in total. The third-order valence-electron chi connectivity index (χ3n) is 4.39. The van der Waals surface area contributed by atoms with E-state index in [2.05, 4.69) is 10.4 Å². The third-order valence-corrected chi connectivity index (χ3v) is 4.78. The van der Waals surface area contributed by atoms with E-state index in [-0.39, 0.29) is 5.91 Å². The zero-order chi connectivity index (χ0) is 14.8. The van der Waals surface area contributed by atoms with Crippen LogP contribution >= 0.6 is 12.2 Å². The van der Waals surface area contributed by atoms with Gasteiger partial charge in [-0.15, -0.1) is 0 Å².